The summed E-state index contributed by atoms with van der Waals surface area (Å²) in [5.74, 6) is -2.23. The molecule has 0 radical (unpaired) electrons. The summed E-state index contributed by atoms with van der Waals surface area (Å²) in [5, 5.41) is 12.0. The van der Waals surface area contributed by atoms with Crippen molar-refractivity contribution in [1.29, 1.82) is 5.26 Å². The van der Waals surface area contributed by atoms with Crippen LogP contribution < -0.4 is 5.32 Å². The van der Waals surface area contributed by atoms with Crippen LogP contribution in [0.4, 0.5) is 14.5 Å². The van der Waals surface area contributed by atoms with Crippen molar-refractivity contribution in [2.24, 2.45) is 4.99 Å². The van der Waals surface area contributed by atoms with Crippen molar-refractivity contribution >= 4 is 17.2 Å². The maximum Gasteiger partial charge on any atom is 0.270 e. The summed E-state index contributed by atoms with van der Waals surface area (Å²) in [4.78, 5) is 8.46. The number of benzene rings is 1. The largest absolute Gasteiger partial charge is 0.343 e. The zero-order valence-corrected chi connectivity index (χ0v) is 16.9. The van der Waals surface area contributed by atoms with Crippen LogP contribution in [0.5, 0.6) is 0 Å². The summed E-state index contributed by atoms with van der Waals surface area (Å²) in [5.41, 5.74) is 2.43. The van der Waals surface area contributed by atoms with Gasteiger partial charge in [0.25, 0.3) is 5.92 Å². The lowest BCUT2D eigenvalue weighted by Gasteiger charge is -2.13. The Kier molecular flexibility index (Phi) is 8.97. The highest BCUT2D eigenvalue weighted by Crippen LogP contribution is 2.29. The third-order valence-electron chi connectivity index (χ3n) is 3.57. The molecule has 1 aliphatic rings. The van der Waals surface area contributed by atoms with Gasteiger partial charge in [-0.1, -0.05) is 45.9 Å². The van der Waals surface area contributed by atoms with E-state index in [1.54, 1.807) is 24.4 Å². The average Bonchev–Trinajstić information content (AvgIpc) is 3.19. The molecule has 150 valence electrons. The van der Waals surface area contributed by atoms with E-state index in [4.69, 9.17) is 5.26 Å². The van der Waals surface area contributed by atoms with Gasteiger partial charge in [-0.3, -0.25) is 4.98 Å². The molecule has 0 aliphatic carbocycles. The number of aromatic nitrogens is 1. The molecule has 0 bridgehead atoms. The lowest BCUT2D eigenvalue weighted by molar-refractivity contribution is 0.0175. The van der Waals surface area contributed by atoms with Crippen LogP contribution in [-0.4, -0.2) is 10.8 Å². The molecule has 1 aromatic carbocycles. The number of nitrogens with zero attached hydrogens (tertiary/aromatic N) is 3. The van der Waals surface area contributed by atoms with Crippen LogP contribution in [0.15, 0.2) is 53.8 Å². The normalized spacial score (nSPS) is 12.4. The fourth-order valence-electron chi connectivity index (χ4n) is 2.37. The Bertz CT molecular complexity index is 881. The van der Waals surface area contributed by atoms with Crippen molar-refractivity contribution in [3.05, 3.63) is 65.5 Å². The second-order valence-corrected chi connectivity index (χ2v) is 5.52. The Labute approximate surface area is 167 Å². The number of anilines is 1. The number of nitrogens with one attached hydrogen (secondary N) is 1. The molecule has 0 amide bonds. The van der Waals surface area contributed by atoms with Gasteiger partial charge >= 0.3 is 0 Å². The second kappa shape index (κ2) is 10.9. The maximum atomic E-state index is 13.4. The van der Waals surface area contributed by atoms with Crippen molar-refractivity contribution in [2.45, 2.75) is 47.0 Å². The highest BCUT2D eigenvalue weighted by Gasteiger charge is 2.24. The molecule has 28 heavy (non-hydrogen) atoms. The lowest BCUT2D eigenvalue weighted by Crippen LogP contribution is -2.11. The summed E-state index contributed by atoms with van der Waals surface area (Å²) in [7, 11) is 0. The van der Waals surface area contributed by atoms with Crippen LogP contribution >= 0.6 is 0 Å². The Balaban J connectivity index is 0.00000148. The van der Waals surface area contributed by atoms with Gasteiger partial charge in [-0.25, -0.2) is 13.8 Å². The molecule has 0 atom stereocenters. The molecule has 1 aromatic heterocycles. The molecule has 6 heteroatoms. The molecule has 1 N–H and O–H groups in total. The number of rotatable bonds is 3. The van der Waals surface area contributed by atoms with Gasteiger partial charge in [0.15, 0.2) is 0 Å². The van der Waals surface area contributed by atoms with Gasteiger partial charge in [0, 0.05) is 44.0 Å². The topological polar surface area (TPSA) is 61.1 Å². The van der Waals surface area contributed by atoms with Crippen LogP contribution in [0.3, 0.4) is 0 Å². The zero-order chi connectivity index (χ0) is 21.2. The van der Waals surface area contributed by atoms with E-state index in [1.807, 2.05) is 39.8 Å². The van der Waals surface area contributed by atoms with Gasteiger partial charge in [0.1, 0.15) is 11.9 Å². The SMILES string of the molecule is CC.CC.CC(F)(F)c1cccc(NC2=NC(c3cncc(C#N)c3)=CC2)c1.[HH]. The van der Waals surface area contributed by atoms with Crippen LogP contribution in [0.1, 0.15) is 59.2 Å². The highest BCUT2D eigenvalue weighted by atomic mass is 19.3. The van der Waals surface area contributed by atoms with E-state index in [9.17, 15) is 8.78 Å². The van der Waals surface area contributed by atoms with E-state index >= 15 is 0 Å². The van der Waals surface area contributed by atoms with Gasteiger partial charge in [-0.05, 0) is 18.2 Å². The van der Waals surface area contributed by atoms with E-state index in [2.05, 4.69) is 15.3 Å². The highest BCUT2D eigenvalue weighted by molar-refractivity contribution is 6.03. The van der Waals surface area contributed by atoms with Gasteiger partial charge in [-0.2, -0.15) is 5.26 Å². The van der Waals surface area contributed by atoms with Crippen molar-refractivity contribution in [3.8, 4) is 6.07 Å². The molecule has 3 rings (SSSR count). The van der Waals surface area contributed by atoms with E-state index in [1.165, 1.54) is 18.3 Å². The molecule has 0 fully saturated rings. The number of amidine groups is 1. The smallest absolute Gasteiger partial charge is 0.270 e. The molecular formula is C22H28F2N4. The molecule has 0 saturated heterocycles. The molecule has 2 aromatic rings. The number of hydrogen-bond donors (Lipinski definition) is 1. The molecule has 0 saturated carbocycles. The first kappa shape index (κ1) is 23.0. The summed E-state index contributed by atoms with van der Waals surface area (Å²) >= 11 is 0. The van der Waals surface area contributed by atoms with Crippen LogP contribution in [-0.2, 0) is 5.92 Å². The van der Waals surface area contributed by atoms with Gasteiger partial charge < -0.3 is 5.32 Å². The minimum atomic E-state index is -2.89. The first-order chi connectivity index (χ1) is 13.5. The van der Waals surface area contributed by atoms with Crippen molar-refractivity contribution in [1.82, 2.24) is 4.98 Å². The summed E-state index contributed by atoms with van der Waals surface area (Å²) in [6.45, 7) is 8.87. The molecule has 2 heterocycles. The van der Waals surface area contributed by atoms with Crippen molar-refractivity contribution < 1.29 is 10.2 Å². The number of aliphatic imine (C=N–C) groups is 1. The first-order valence-corrected chi connectivity index (χ1v) is 9.34. The standard InChI is InChI=1S/C18H14F2N4.2C2H6.H2/c1-18(19,20)14-3-2-4-15(8-14)23-17-6-5-16(24-17)13-7-12(9-21)10-22-11-13;2*1-2;/h2-5,7-8,10-11H,6H2,1H3,(H,23,24);2*1-2H3;1H. The molecule has 0 unspecified atom stereocenters. The second-order valence-electron chi connectivity index (χ2n) is 5.52. The predicted octanol–water partition coefficient (Wildman–Crippen LogP) is 6.62. The lowest BCUT2D eigenvalue weighted by atomic mass is 10.1. The summed E-state index contributed by atoms with van der Waals surface area (Å²) in [6, 6.07) is 9.86. The fourth-order valence-corrected chi connectivity index (χ4v) is 2.37. The fraction of sp³-hybridized carbons (Fsp3) is 0.318. The molecule has 0 spiro atoms. The first-order valence-electron chi connectivity index (χ1n) is 9.34. The van der Waals surface area contributed by atoms with Crippen molar-refractivity contribution in [3.63, 3.8) is 0 Å². The number of nitriles is 1. The van der Waals surface area contributed by atoms with E-state index in [-0.39, 0.29) is 6.99 Å². The number of halogens is 2. The minimum absolute atomic E-state index is 0. The van der Waals surface area contributed by atoms with Crippen LogP contribution in [0.25, 0.3) is 5.70 Å². The number of hydrogen-bond acceptors (Lipinski definition) is 4. The van der Waals surface area contributed by atoms with Gasteiger partial charge in [0.2, 0.25) is 0 Å². The Hall–Kier alpha value is -3.07. The minimum Gasteiger partial charge on any atom is -0.343 e. The Morgan fingerprint density at radius 3 is 2.50 bits per heavy atom. The average molecular weight is 386 g/mol. The monoisotopic (exact) mass is 386 g/mol. The number of alkyl halides is 2. The molecule has 4 nitrogen and oxygen atoms in total. The molecular weight excluding hydrogens is 358 g/mol. The zero-order valence-electron chi connectivity index (χ0n) is 16.9. The maximum absolute atomic E-state index is 13.4. The Morgan fingerprint density at radius 1 is 1.14 bits per heavy atom. The van der Waals surface area contributed by atoms with Gasteiger partial charge in [-0.15, -0.1) is 0 Å². The summed E-state index contributed by atoms with van der Waals surface area (Å²) in [6.07, 6.45) is 5.58. The quantitative estimate of drug-likeness (QED) is 0.645. The third-order valence-corrected chi connectivity index (χ3v) is 3.57. The van der Waals surface area contributed by atoms with E-state index in [0.717, 1.165) is 12.5 Å². The Morgan fingerprint density at radius 2 is 1.86 bits per heavy atom. The summed E-state index contributed by atoms with van der Waals surface area (Å²) < 4.78 is 26.8. The van der Waals surface area contributed by atoms with Crippen LogP contribution in [0, 0.1) is 11.3 Å². The van der Waals surface area contributed by atoms with E-state index < -0.39 is 5.92 Å². The van der Waals surface area contributed by atoms with Crippen LogP contribution in [0.2, 0.25) is 0 Å². The molecule has 1 aliphatic heterocycles. The van der Waals surface area contributed by atoms with E-state index in [0.29, 0.717) is 29.2 Å². The van der Waals surface area contributed by atoms with Crippen molar-refractivity contribution in [2.75, 3.05) is 5.32 Å². The predicted molar refractivity (Wildman–Crippen MR) is 113 cm³/mol. The number of pyridine rings is 1. The third kappa shape index (κ3) is 6.27. The van der Waals surface area contributed by atoms with Gasteiger partial charge in [0.05, 0.1) is 11.3 Å².